The number of rotatable bonds is 8. The van der Waals surface area contributed by atoms with Gasteiger partial charge in [0.15, 0.2) is 0 Å². The lowest BCUT2D eigenvalue weighted by Crippen LogP contribution is -2.56. The van der Waals surface area contributed by atoms with Gasteiger partial charge in [0.25, 0.3) is 0 Å². The van der Waals surface area contributed by atoms with E-state index in [0.717, 1.165) is 31.2 Å². The van der Waals surface area contributed by atoms with Crippen molar-refractivity contribution in [1.82, 2.24) is 20.0 Å². The van der Waals surface area contributed by atoms with Gasteiger partial charge in [0, 0.05) is 33.2 Å². The maximum Gasteiger partial charge on any atom is 0.411 e. The Balaban J connectivity index is 1.82. The number of nitrogens with one attached hydrogen (secondary N) is 1. The first kappa shape index (κ1) is 34.2. The van der Waals surface area contributed by atoms with E-state index in [1.165, 1.54) is 9.80 Å². The van der Waals surface area contributed by atoms with Crippen molar-refractivity contribution in [2.75, 3.05) is 27.2 Å². The van der Waals surface area contributed by atoms with E-state index in [4.69, 9.17) is 9.47 Å². The van der Waals surface area contributed by atoms with Crippen LogP contribution in [0.15, 0.2) is 30.3 Å². The van der Waals surface area contributed by atoms with Crippen LogP contribution in [-0.2, 0) is 25.7 Å². The number of hydrogen-bond donors (Lipinski definition) is 1. The molecule has 2 atom stereocenters. The predicted molar refractivity (Wildman–Crippen MR) is 165 cm³/mol. The van der Waals surface area contributed by atoms with E-state index in [1.54, 1.807) is 34.9 Å². The normalized spacial score (nSPS) is 20.7. The number of likely N-dealkylation sites (N-methyl/N-ethyl adjacent to an activating group) is 1. The van der Waals surface area contributed by atoms with E-state index >= 15 is 0 Å². The van der Waals surface area contributed by atoms with Gasteiger partial charge in [0.05, 0.1) is 11.5 Å². The lowest BCUT2D eigenvalue weighted by molar-refractivity contribution is -0.147. The highest BCUT2D eigenvalue weighted by Gasteiger charge is 2.49. The summed E-state index contributed by atoms with van der Waals surface area (Å²) in [5.74, 6) is -0.319. The summed E-state index contributed by atoms with van der Waals surface area (Å²) in [5.41, 5.74) is -0.628. The number of amides is 4. The van der Waals surface area contributed by atoms with Gasteiger partial charge in [-0.2, -0.15) is 0 Å². The van der Waals surface area contributed by atoms with Crippen LogP contribution in [0, 0.1) is 10.8 Å². The van der Waals surface area contributed by atoms with Gasteiger partial charge in [0.1, 0.15) is 18.2 Å². The molecule has 10 heteroatoms. The van der Waals surface area contributed by atoms with Gasteiger partial charge in [-0.3, -0.25) is 14.5 Å². The molecular formula is C33H52N4O6. The first-order valence-corrected chi connectivity index (χ1v) is 15.4. The molecule has 1 saturated carbocycles. The van der Waals surface area contributed by atoms with Gasteiger partial charge in [-0.05, 0) is 77.7 Å². The van der Waals surface area contributed by atoms with Crippen LogP contribution in [0.4, 0.5) is 9.59 Å². The Labute approximate surface area is 257 Å². The maximum atomic E-state index is 14.4. The number of carbonyl (C=O) groups excluding carboxylic acids is 4. The van der Waals surface area contributed by atoms with E-state index < -0.39 is 29.2 Å². The molecule has 3 rings (SSSR count). The molecule has 4 amide bonds. The van der Waals surface area contributed by atoms with Crippen molar-refractivity contribution in [3.05, 3.63) is 35.9 Å². The lowest BCUT2D eigenvalue weighted by Gasteiger charge is -2.45. The predicted octanol–water partition coefficient (Wildman–Crippen LogP) is 5.20. The highest BCUT2D eigenvalue weighted by molar-refractivity contribution is 5.87. The van der Waals surface area contributed by atoms with Crippen molar-refractivity contribution in [2.24, 2.45) is 10.8 Å². The Morgan fingerprint density at radius 3 is 2.14 bits per heavy atom. The topological polar surface area (TPSA) is 108 Å². The summed E-state index contributed by atoms with van der Waals surface area (Å²) in [6, 6.07) is 8.26. The summed E-state index contributed by atoms with van der Waals surface area (Å²) >= 11 is 0. The second-order valence-corrected chi connectivity index (χ2v) is 14.7. The van der Waals surface area contributed by atoms with Gasteiger partial charge in [-0.15, -0.1) is 0 Å². The molecular weight excluding hydrogens is 548 g/mol. The van der Waals surface area contributed by atoms with Gasteiger partial charge in [-0.25, -0.2) is 9.59 Å². The standard InChI is InChI=1S/C33H52N4O6/c1-31(2,3)43-30(41)36-20-25(19-26(36)27(38)35(8)9)37(24-15-17-32(4,5)18-16-24)28(39)33(6,7)22-34-29(40)42-21-23-13-11-10-12-14-23/h10-14,24-26H,15-22H2,1-9H3,(H,34,40)/t25-,26-/m0/s1. The molecule has 2 aliphatic rings. The van der Waals surface area contributed by atoms with E-state index in [9.17, 15) is 19.2 Å². The molecule has 1 aliphatic carbocycles. The Morgan fingerprint density at radius 1 is 0.977 bits per heavy atom. The highest BCUT2D eigenvalue weighted by atomic mass is 16.6. The number of alkyl carbamates (subject to hydrolysis) is 1. The lowest BCUT2D eigenvalue weighted by atomic mass is 9.74. The molecule has 0 radical (unpaired) electrons. The number of hydrogen-bond acceptors (Lipinski definition) is 6. The van der Waals surface area contributed by atoms with Gasteiger partial charge >= 0.3 is 12.2 Å². The second-order valence-electron chi connectivity index (χ2n) is 14.7. The summed E-state index contributed by atoms with van der Waals surface area (Å²) in [6.07, 6.45) is 2.76. The monoisotopic (exact) mass is 600 g/mol. The van der Waals surface area contributed by atoms with Gasteiger partial charge < -0.3 is 24.6 Å². The average molecular weight is 601 g/mol. The zero-order valence-corrected chi connectivity index (χ0v) is 27.6. The molecule has 43 heavy (non-hydrogen) atoms. The third kappa shape index (κ3) is 9.34. The van der Waals surface area contributed by atoms with E-state index in [2.05, 4.69) is 19.2 Å². The summed E-state index contributed by atoms with van der Waals surface area (Å²) < 4.78 is 11.1. The molecule has 0 spiro atoms. The zero-order chi connectivity index (χ0) is 32.2. The quantitative estimate of drug-likeness (QED) is 0.439. The van der Waals surface area contributed by atoms with Crippen LogP contribution >= 0.6 is 0 Å². The smallest absolute Gasteiger partial charge is 0.411 e. The SMILES string of the molecule is CN(C)C(=O)[C@@H]1C[C@H](N(C(=O)C(C)(C)CNC(=O)OCc2ccccc2)C2CCC(C)(C)CC2)CN1C(=O)OC(C)(C)C. The van der Waals surface area contributed by atoms with Gasteiger partial charge in [-0.1, -0.05) is 44.2 Å². The van der Waals surface area contributed by atoms with Crippen molar-refractivity contribution in [3.8, 4) is 0 Å². The van der Waals surface area contributed by atoms with Crippen LogP contribution in [0.2, 0.25) is 0 Å². The van der Waals surface area contributed by atoms with Crippen molar-refractivity contribution in [3.63, 3.8) is 0 Å². The fourth-order valence-corrected chi connectivity index (χ4v) is 5.85. The van der Waals surface area contributed by atoms with E-state index in [0.29, 0.717) is 6.42 Å². The summed E-state index contributed by atoms with van der Waals surface area (Å²) in [6.45, 7) is 13.9. The minimum absolute atomic E-state index is 0.0384. The Bertz CT molecular complexity index is 1130. The number of benzene rings is 1. The summed E-state index contributed by atoms with van der Waals surface area (Å²) in [4.78, 5) is 58.4. The first-order valence-electron chi connectivity index (χ1n) is 15.4. The van der Waals surface area contributed by atoms with Gasteiger partial charge in [0.2, 0.25) is 11.8 Å². The van der Waals surface area contributed by atoms with Crippen molar-refractivity contribution >= 4 is 24.0 Å². The number of nitrogens with zero attached hydrogens (tertiary/aromatic N) is 3. The van der Waals surface area contributed by atoms with Crippen molar-refractivity contribution in [1.29, 1.82) is 0 Å². The molecule has 0 aromatic heterocycles. The third-order valence-electron chi connectivity index (χ3n) is 8.43. The molecule has 10 nitrogen and oxygen atoms in total. The molecule has 1 aromatic carbocycles. The molecule has 0 bridgehead atoms. The fourth-order valence-electron chi connectivity index (χ4n) is 5.85. The Hall–Kier alpha value is -3.30. The molecule has 240 valence electrons. The minimum atomic E-state index is -0.959. The maximum absolute atomic E-state index is 14.4. The largest absolute Gasteiger partial charge is 0.445 e. The summed E-state index contributed by atoms with van der Waals surface area (Å²) in [7, 11) is 3.33. The fraction of sp³-hybridized carbons (Fsp3) is 0.697. The zero-order valence-electron chi connectivity index (χ0n) is 27.6. The molecule has 1 N–H and O–H groups in total. The Kier molecular flexibility index (Phi) is 10.8. The third-order valence-corrected chi connectivity index (χ3v) is 8.43. The highest BCUT2D eigenvalue weighted by Crippen LogP contribution is 2.40. The number of ether oxygens (including phenoxy) is 2. The van der Waals surface area contributed by atoms with Crippen LogP contribution in [0.5, 0.6) is 0 Å². The van der Waals surface area contributed by atoms with E-state index in [1.807, 2.05) is 49.1 Å². The van der Waals surface area contributed by atoms with E-state index in [-0.39, 0.29) is 49.0 Å². The summed E-state index contributed by atoms with van der Waals surface area (Å²) in [5, 5.41) is 2.78. The molecule has 1 aliphatic heterocycles. The minimum Gasteiger partial charge on any atom is -0.445 e. The van der Waals surface area contributed by atoms with Crippen molar-refractivity contribution in [2.45, 2.75) is 111 Å². The average Bonchev–Trinajstić information content (AvgIpc) is 3.36. The van der Waals surface area contributed by atoms with Crippen LogP contribution in [0.1, 0.15) is 86.1 Å². The first-order chi connectivity index (χ1) is 19.9. The molecule has 2 fully saturated rings. The second kappa shape index (κ2) is 13.6. The molecule has 0 unspecified atom stereocenters. The molecule has 1 heterocycles. The molecule has 1 aromatic rings. The molecule has 1 saturated heterocycles. The van der Waals surface area contributed by atoms with Crippen molar-refractivity contribution < 1.29 is 28.7 Å². The number of likely N-dealkylation sites (tertiary alicyclic amines) is 1. The Morgan fingerprint density at radius 2 is 1.58 bits per heavy atom. The van der Waals surface area contributed by atoms with Crippen LogP contribution < -0.4 is 5.32 Å². The van der Waals surface area contributed by atoms with Crippen LogP contribution in [0.3, 0.4) is 0 Å². The number of carbonyl (C=O) groups is 4. The van der Waals surface area contributed by atoms with Crippen LogP contribution in [0.25, 0.3) is 0 Å². The van der Waals surface area contributed by atoms with Crippen LogP contribution in [-0.4, -0.2) is 89.6 Å².